The third-order valence-corrected chi connectivity index (χ3v) is 5.87. The van der Waals surface area contributed by atoms with Crippen molar-refractivity contribution in [3.63, 3.8) is 0 Å². The highest BCUT2D eigenvalue weighted by Gasteiger charge is 2.29. The standard InChI is InChI=1S/C25H26N4O6/c30-21(31)13-3-1-2-8-14-26-24(32)22-23(29-35-28-22)27-25(33)34-15-20-18-11-6-4-9-16(18)17-10-5-7-12-19(17)20/h4-7,9-12,20H,1-3,8,13-15H2,(H,26,32)(H,30,31)(H,27,29,33). The van der Waals surface area contributed by atoms with E-state index in [1.165, 1.54) is 0 Å². The van der Waals surface area contributed by atoms with E-state index in [-0.39, 0.29) is 30.5 Å². The molecule has 0 atom stereocenters. The molecule has 0 saturated carbocycles. The van der Waals surface area contributed by atoms with Gasteiger partial charge in [-0.15, -0.1) is 0 Å². The summed E-state index contributed by atoms with van der Waals surface area (Å²) in [5.74, 6) is -1.57. The van der Waals surface area contributed by atoms with Gasteiger partial charge in [-0.1, -0.05) is 61.4 Å². The molecule has 3 N–H and O–H groups in total. The van der Waals surface area contributed by atoms with Crippen LogP contribution in [0.2, 0.25) is 0 Å². The van der Waals surface area contributed by atoms with Crippen LogP contribution in [0.25, 0.3) is 11.1 Å². The number of aromatic nitrogens is 2. The summed E-state index contributed by atoms with van der Waals surface area (Å²) in [6.07, 6.45) is 2.21. The lowest BCUT2D eigenvalue weighted by molar-refractivity contribution is -0.137. The van der Waals surface area contributed by atoms with Crippen LogP contribution in [-0.4, -0.2) is 46.5 Å². The third-order valence-electron chi connectivity index (χ3n) is 5.87. The van der Waals surface area contributed by atoms with Gasteiger partial charge in [0.1, 0.15) is 6.61 Å². The van der Waals surface area contributed by atoms with E-state index in [1.807, 2.05) is 36.4 Å². The minimum atomic E-state index is -0.812. The number of nitrogens with zero attached hydrogens (tertiary/aromatic N) is 2. The number of carboxylic acids is 1. The summed E-state index contributed by atoms with van der Waals surface area (Å²) in [5, 5.41) is 20.9. The van der Waals surface area contributed by atoms with Gasteiger partial charge in [0, 0.05) is 18.9 Å². The van der Waals surface area contributed by atoms with Crippen molar-refractivity contribution in [1.82, 2.24) is 15.6 Å². The lowest BCUT2D eigenvalue weighted by atomic mass is 9.98. The molecular weight excluding hydrogens is 452 g/mol. The van der Waals surface area contributed by atoms with Crippen molar-refractivity contribution >= 4 is 23.8 Å². The number of carboxylic acid groups (broad SMARTS) is 1. The average Bonchev–Trinajstić information content (AvgIpc) is 3.44. The first-order valence-corrected chi connectivity index (χ1v) is 11.5. The van der Waals surface area contributed by atoms with Crippen molar-refractivity contribution in [3.05, 3.63) is 65.4 Å². The van der Waals surface area contributed by atoms with E-state index >= 15 is 0 Å². The van der Waals surface area contributed by atoms with Crippen LogP contribution < -0.4 is 10.6 Å². The Morgan fingerprint density at radius 2 is 1.57 bits per heavy atom. The Bertz CT molecular complexity index is 1160. The number of nitrogens with one attached hydrogen (secondary N) is 2. The monoisotopic (exact) mass is 478 g/mol. The smallest absolute Gasteiger partial charge is 0.412 e. The second-order valence-corrected chi connectivity index (χ2v) is 8.23. The Morgan fingerprint density at radius 3 is 2.26 bits per heavy atom. The van der Waals surface area contributed by atoms with Gasteiger partial charge in [0.25, 0.3) is 5.91 Å². The van der Waals surface area contributed by atoms with Crippen LogP contribution in [0.15, 0.2) is 53.2 Å². The number of fused-ring (bicyclic) bond motifs is 3. The van der Waals surface area contributed by atoms with Crippen molar-refractivity contribution in [2.45, 2.75) is 38.0 Å². The first-order valence-electron chi connectivity index (χ1n) is 11.5. The zero-order chi connectivity index (χ0) is 24.6. The molecule has 4 rings (SSSR count). The maximum Gasteiger partial charge on any atom is 0.412 e. The van der Waals surface area contributed by atoms with Crippen LogP contribution in [0, 0.1) is 0 Å². The lowest BCUT2D eigenvalue weighted by Crippen LogP contribution is -2.26. The Hall–Kier alpha value is -4.21. The van der Waals surface area contributed by atoms with Crippen LogP contribution >= 0.6 is 0 Å². The Morgan fingerprint density at radius 1 is 0.914 bits per heavy atom. The van der Waals surface area contributed by atoms with Gasteiger partial charge in [-0.3, -0.25) is 14.9 Å². The van der Waals surface area contributed by atoms with E-state index in [1.54, 1.807) is 0 Å². The van der Waals surface area contributed by atoms with Crippen molar-refractivity contribution in [1.29, 1.82) is 0 Å². The number of hydrogen-bond acceptors (Lipinski definition) is 7. The number of carbonyl (C=O) groups excluding carboxylic acids is 2. The highest BCUT2D eigenvalue weighted by molar-refractivity contribution is 5.99. The molecule has 182 valence electrons. The number of rotatable bonds is 11. The molecule has 0 radical (unpaired) electrons. The topological polar surface area (TPSA) is 144 Å². The summed E-state index contributed by atoms with van der Waals surface area (Å²) in [4.78, 5) is 35.3. The Balaban J connectivity index is 1.27. The average molecular weight is 479 g/mol. The van der Waals surface area contributed by atoms with Gasteiger partial charge < -0.3 is 15.2 Å². The summed E-state index contributed by atoms with van der Waals surface area (Å²) in [7, 11) is 0. The molecule has 1 aliphatic carbocycles. The minimum absolute atomic E-state index is 0.0955. The van der Waals surface area contributed by atoms with Crippen molar-refractivity contribution < 1.29 is 28.9 Å². The number of aliphatic carboxylic acids is 1. The molecule has 0 aliphatic heterocycles. The molecule has 0 spiro atoms. The summed E-state index contributed by atoms with van der Waals surface area (Å²) in [6, 6.07) is 16.0. The number of ether oxygens (including phenoxy) is 1. The van der Waals surface area contributed by atoms with Crippen molar-refractivity contribution in [2.75, 3.05) is 18.5 Å². The zero-order valence-corrected chi connectivity index (χ0v) is 19.0. The molecule has 1 heterocycles. The van der Waals surface area contributed by atoms with Gasteiger partial charge in [0.2, 0.25) is 11.5 Å². The predicted octanol–water partition coefficient (Wildman–Crippen LogP) is 4.20. The van der Waals surface area contributed by atoms with E-state index in [0.29, 0.717) is 19.4 Å². The van der Waals surface area contributed by atoms with Gasteiger partial charge in [-0.2, -0.15) is 0 Å². The van der Waals surface area contributed by atoms with E-state index in [9.17, 15) is 14.4 Å². The first kappa shape index (κ1) is 23.9. The molecule has 1 aromatic heterocycles. The van der Waals surface area contributed by atoms with Crippen molar-refractivity contribution in [3.8, 4) is 11.1 Å². The molecule has 10 nitrogen and oxygen atoms in total. The second-order valence-electron chi connectivity index (χ2n) is 8.23. The fourth-order valence-corrected chi connectivity index (χ4v) is 4.19. The van der Waals surface area contributed by atoms with E-state index in [0.717, 1.165) is 35.1 Å². The van der Waals surface area contributed by atoms with E-state index < -0.39 is 18.0 Å². The molecule has 1 aliphatic rings. The quantitative estimate of drug-likeness (QED) is 0.348. The summed E-state index contributed by atoms with van der Waals surface area (Å²) < 4.78 is 10.1. The van der Waals surface area contributed by atoms with Crippen LogP contribution in [0.4, 0.5) is 10.6 Å². The normalized spacial score (nSPS) is 12.0. The summed E-state index contributed by atoms with van der Waals surface area (Å²) in [6.45, 7) is 0.498. The number of hydrogen-bond donors (Lipinski definition) is 3. The highest BCUT2D eigenvalue weighted by atomic mass is 16.6. The molecule has 2 amide bonds. The molecule has 3 aromatic rings. The predicted molar refractivity (Wildman–Crippen MR) is 126 cm³/mol. The number of anilines is 1. The van der Waals surface area contributed by atoms with E-state index in [4.69, 9.17) is 9.84 Å². The molecule has 0 bridgehead atoms. The molecule has 2 aromatic carbocycles. The second kappa shape index (κ2) is 11.3. The molecule has 0 fully saturated rings. The van der Waals surface area contributed by atoms with Crippen LogP contribution in [0.3, 0.4) is 0 Å². The molecule has 0 saturated heterocycles. The van der Waals surface area contributed by atoms with Gasteiger partial charge in [-0.25, -0.2) is 9.42 Å². The van der Waals surface area contributed by atoms with Gasteiger partial charge >= 0.3 is 12.1 Å². The zero-order valence-electron chi connectivity index (χ0n) is 19.0. The van der Waals surface area contributed by atoms with Gasteiger partial charge in [0.15, 0.2) is 0 Å². The van der Waals surface area contributed by atoms with Gasteiger partial charge in [-0.05, 0) is 45.4 Å². The Labute approximate surface area is 201 Å². The summed E-state index contributed by atoms with van der Waals surface area (Å²) >= 11 is 0. The SMILES string of the molecule is O=C(O)CCCCCCNC(=O)c1nonc1NC(=O)OCC1c2ccccc2-c2ccccc21. The first-order chi connectivity index (χ1) is 17.0. The third kappa shape index (κ3) is 5.84. The fourth-order valence-electron chi connectivity index (χ4n) is 4.19. The van der Waals surface area contributed by atoms with Crippen LogP contribution in [-0.2, 0) is 9.53 Å². The van der Waals surface area contributed by atoms with Gasteiger partial charge in [0.05, 0.1) is 0 Å². The maximum absolute atomic E-state index is 12.5. The Kier molecular flexibility index (Phi) is 7.71. The lowest BCUT2D eigenvalue weighted by Gasteiger charge is -2.14. The molecular formula is C25H26N4O6. The van der Waals surface area contributed by atoms with E-state index in [2.05, 4.69) is 37.7 Å². The van der Waals surface area contributed by atoms with Crippen LogP contribution in [0.5, 0.6) is 0 Å². The fraction of sp³-hybridized carbons (Fsp3) is 0.320. The molecule has 35 heavy (non-hydrogen) atoms. The summed E-state index contributed by atoms with van der Waals surface area (Å²) in [5.41, 5.74) is 4.28. The highest BCUT2D eigenvalue weighted by Crippen LogP contribution is 2.44. The number of carbonyl (C=O) groups is 3. The number of amides is 2. The molecule has 10 heteroatoms. The largest absolute Gasteiger partial charge is 0.481 e. The number of benzene rings is 2. The maximum atomic E-state index is 12.5. The molecule has 0 unspecified atom stereocenters. The number of unbranched alkanes of at least 4 members (excludes halogenated alkanes) is 3. The van der Waals surface area contributed by atoms with Crippen LogP contribution in [0.1, 0.15) is 59.6 Å². The minimum Gasteiger partial charge on any atom is -0.481 e. The van der Waals surface area contributed by atoms with Crippen molar-refractivity contribution in [2.24, 2.45) is 0 Å².